The first kappa shape index (κ1) is 15.8. The van der Waals surface area contributed by atoms with Crippen molar-refractivity contribution >= 4 is 27.5 Å². The number of aliphatic hydroxyl groups is 1. The molecule has 5 heteroatoms. The molecule has 2 aromatic rings. The zero-order valence-electron chi connectivity index (χ0n) is 11.9. The van der Waals surface area contributed by atoms with Crippen LogP contribution in [0.15, 0.2) is 40.9 Å². The van der Waals surface area contributed by atoms with E-state index in [0.717, 1.165) is 33.3 Å². The predicted octanol–water partition coefficient (Wildman–Crippen LogP) is 4.64. The zero-order valence-corrected chi connectivity index (χ0v) is 14.2. The molecule has 0 amide bonds. The van der Waals surface area contributed by atoms with Gasteiger partial charge in [0.1, 0.15) is 5.75 Å². The zero-order chi connectivity index (χ0) is 15.5. The van der Waals surface area contributed by atoms with E-state index in [2.05, 4.69) is 15.9 Å². The van der Waals surface area contributed by atoms with E-state index in [1.165, 1.54) is 0 Å². The fourth-order valence-corrected chi connectivity index (χ4v) is 3.36. The second kappa shape index (κ2) is 7.01. The standard InChI is InChI=1S/C17H16BrClO3/c18-13-6-11(9-20)5-12(7-13)10-22-17-3-4-21-16-2-1-14(19)8-15(16)17/h1-2,5-8,17,20H,3-4,9-10H2. The average Bonchev–Trinajstić information content (AvgIpc) is 2.52. The van der Waals surface area contributed by atoms with E-state index < -0.39 is 0 Å². The van der Waals surface area contributed by atoms with Crippen molar-refractivity contribution in [1.82, 2.24) is 0 Å². The van der Waals surface area contributed by atoms with Crippen LogP contribution in [0.4, 0.5) is 0 Å². The molecule has 1 heterocycles. The van der Waals surface area contributed by atoms with Crippen molar-refractivity contribution in [2.45, 2.75) is 25.7 Å². The van der Waals surface area contributed by atoms with E-state index >= 15 is 0 Å². The number of rotatable bonds is 4. The molecule has 1 aliphatic rings. The molecule has 116 valence electrons. The van der Waals surface area contributed by atoms with Gasteiger partial charge in [-0.15, -0.1) is 0 Å². The quantitative estimate of drug-likeness (QED) is 0.836. The molecule has 3 rings (SSSR count). The second-order valence-electron chi connectivity index (χ2n) is 5.24. The molecule has 0 aromatic heterocycles. The summed E-state index contributed by atoms with van der Waals surface area (Å²) in [4.78, 5) is 0. The summed E-state index contributed by atoms with van der Waals surface area (Å²) in [5, 5.41) is 9.95. The van der Waals surface area contributed by atoms with Gasteiger partial charge in [0.05, 0.1) is 25.9 Å². The van der Waals surface area contributed by atoms with Crippen LogP contribution in [0.2, 0.25) is 5.02 Å². The number of fused-ring (bicyclic) bond motifs is 1. The molecule has 1 N–H and O–H groups in total. The highest BCUT2D eigenvalue weighted by molar-refractivity contribution is 9.10. The smallest absolute Gasteiger partial charge is 0.125 e. The van der Waals surface area contributed by atoms with Crippen LogP contribution < -0.4 is 4.74 Å². The Morgan fingerprint density at radius 3 is 2.86 bits per heavy atom. The molecule has 3 nitrogen and oxygen atoms in total. The predicted molar refractivity (Wildman–Crippen MR) is 89.2 cm³/mol. The molecule has 0 saturated carbocycles. The molecule has 0 fully saturated rings. The summed E-state index contributed by atoms with van der Waals surface area (Å²) in [5.74, 6) is 0.839. The van der Waals surface area contributed by atoms with Gasteiger partial charge < -0.3 is 14.6 Å². The minimum Gasteiger partial charge on any atom is -0.493 e. The maximum Gasteiger partial charge on any atom is 0.125 e. The minimum absolute atomic E-state index is 0.0160. The Bertz CT molecular complexity index is 675. The van der Waals surface area contributed by atoms with Gasteiger partial charge in [-0.2, -0.15) is 0 Å². The van der Waals surface area contributed by atoms with E-state index in [1.54, 1.807) is 0 Å². The summed E-state index contributed by atoms with van der Waals surface area (Å²) < 4.78 is 12.6. The number of aliphatic hydroxyl groups excluding tert-OH is 1. The van der Waals surface area contributed by atoms with Gasteiger partial charge in [-0.1, -0.05) is 33.6 Å². The lowest BCUT2D eigenvalue weighted by atomic mass is 10.0. The molecule has 1 unspecified atom stereocenters. The van der Waals surface area contributed by atoms with Crippen LogP contribution in [-0.2, 0) is 18.0 Å². The SMILES string of the molecule is OCc1cc(Br)cc(COC2CCOc3ccc(Cl)cc32)c1. The first-order valence-corrected chi connectivity index (χ1v) is 8.26. The van der Waals surface area contributed by atoms with Crippen molar-refractivity contribution < 1.29 is 14.6 Å². The van der Waals surface area contributed by atoms with Crippen LogP contribution in [0.5, 0.6) is 5.75 Å². The first-order valence-electron chi connectivity index (χ1n) is 7.09. The first-order chi connectivity index (χ1) is 10.7. The third kappa shape index (κ3) is 3.63. The Labute approximate surface area is 142 Å². The van der Waals surface area contributed by atoms with Crippen LogP contribution >= 0.6 is 27.5 Å². The Balaban J connectivity index is 1.75. The molecule has 22 heavy (non-hydrogen) atoms. The topological polar surface area (TPSA) is 38.7 Å². The summed E-state index contributed by atoms with van der Waals surface area (Å²) in [6.07, 6.45) is 0.771. The largest absolute Gasteiger partial charge is 0.493 e. The van der Waals surface area contributed by atoms with E-state index in [-0.39, 0.29) is 12.7 Å². The van der Waals surface area contributed by atoms with Crippen molar-refractivity contribution in [3.05, 3.63) is 62.6 Å². The molecule has 0 spiro atoms. The fourth-order valence-electron chi connectivity index (χ4n) is 2.60. The monoisotopic (exact) mass is 382 g/mol. The Hall–Kier alpha value is -1.07. The lowest BCUT2D eigenvalue weighted by Crippen LogP contribution is -2.16. The van der Waals surface area contributed by atoms with Gasteiger partial charge in [0.25, 0.3) is 0 Å². The summed E-state index contributed by atoms with van der Waals surface area (Å²) >= 11 is 9.53. The Morgan fingerprint density at radius 2 is 2.05 bits per heavy atom. The molecule has 0 aliphatic carbocycles. The third-order valence-corrected chi connectivity index (χ3v) is 4.30. The number of ether oxygens (including phenoxy) is 2. The van der Waals surface area contributed by atoms with Gasteiger partial charge in [0, 0.05) is 21.5 Å². The van der Waals surface area contributed by atoms with Crippen molar-refractivity contribution in [2.75, 3.05) is 6.61 Å². The molecule has 1 aliphatic heterocycles. The normalized spacial score (nSPS) is 17.0. The van der Waals surface area contributed by atoms with E-state index in [4.69, 9.17) is 21.1 Å². The number of benzene rings is 2. The lowest BCUT2D eigenvalue weighted by molar-refractivity contribution is 0.0127. The number of hydrogen-bond donors (Lipinski definition) is 1. The molecular weight excluding hydrogens is 368 g/mol. The fraction of sp³-hybridized carbons (Fsp3) is 0.294. The van der Waals surface area contributed by atoms with Crippen LogP contribution in [0, 0.1) is 0 Å². The molecule has 2 aromatic carbocycles. The van der Waals surface area contributed by atoms with Gasteiger partial charge in [0.2, 0.25) is 0 Å². The van der Waals surface area contributed by atoms with Crippen molar-refractivity contribution in [3.8, 4) is 5.75 Å². The van der Waals surface area contributed by atoms with E-state index in [1.807, 2.05) is 36.4 Å². The molecule has 1 atom stereocenters. The van der Waals surface area contributed by atoms with Crippen LogP contribution in [0.25, 0.3) is 0 Å². The highest BCUT2D eigenvalue weighted by atomic mass is 79.9. The second-order valence-corrected chi connectivity index (χ2v) is 6.60. The summed E-state index contributed by atoms with van der Waals surface area (Å²) in [6, 6.07) is 11.5. The van der Waals surface area contributed by atoms with Gasteiger partial charge in [-0.05, 0) is 41.5 Å². The van der Waals surface area contributed by atoms with Gasteiger partial charge in [-0.3, -0.25) is 0 Å². The van der Waals surface area contributed by atoms with Gasteiger partial charge in [0.15, 0.2) is 0 Å². The van der Waals surface area contributed by atoms with Gasteiger partial charge in [-0.25, -0.2) is 0 Å². The summed E-state index contributed by atoms with van der Waals surface area (Å²) in [7, 11) is 0. The highest BCUT2D eigenvalue weighted by Gasteiger charge is 2.22. The van der Waals surface area contributed by atoms with Crippen LogP contribution in [-0.4, -0.2) is 11.7 Å². The molecular formula is C17H16BrClO3. The van der Waals surface area contributed by atoms with Crippen LogP contribution in [0.3, 0.4) is 0 Å². The van der Waals surface area contributed by atoms with E-state index in [0.29, 0.717) is 18.2 Å². The maximum absolute atomic E-state index is 9.27. The molecule has 0 radical (unpaired) electrons. The number of halogens is 2. The number of hydrogen-bond acceptors (Lipinski definition) is 3. The maximum atomic E-state index is 9.27. The van der Waals surface area contributed by atoms with Crippen LogP contribution in [0.1, 0.15) is 29.2 Å². The third-order valence-electron chi connectivity index (χ3n) is 3.61. The Kier molecular flexibility index (Phi) is 5.03. The molecule has 0 bridgehead atoms. The van der Waals surface area contributed by atoms with E-state index in [9.17, 15) is 5.11 Å². The lowest BCUT2D eigenvalue weighted by Gasteiger charge is -2.26. The summed E-state index contributed by atoms with van der Waals surface area (Å²) in [5.41, 5.74) is 2.88. The summed E-state index contributed by atoms with van der Waals surface area (Å²) in [6.45, 7) is 1.13. The minimum atomic E-state index is -0.0287. The van der Waals surface area contributed by atoms with Crippen molar-refractivity contribution in [3.63, 3.8) is 0 Å². The van der Waals surface area contributed by atoms with Crippen molar-refractivity contribution in [2.24, 2.45) is 0 Å². The molecule has 0 saturated heterocycles. The Morgan fingerprint density at radius 1 is 1.23 bits per heavy atom. The highest BCUT2D eigenvalue weighted by Crippen LogP contribution is 2.36. The van der Waals surface area contributed by atoms with Crippen molar-refractivity contribution in [1.29, 1.82) is 0 Å². The van der Waals surface area contributed by atoms with Gasteiger partial charge >= 0.3 is 0 Å². The average molecular weight is 384 g/mol.